The molecular weight excluding hydrogens is 322 g/mol. The zero-order valence-corrected chi connectivity index (χ0v) is 13.9. The zero-order chi connectivity index (χ0) is 17.3. The smallest absolute Gasteiger partial charge is 0.171 e. The molecule has 0 saturated heterocycles. The van der Waals surface area contributed by atoms with Gasteiger partial charge in [-0.05, 0) is 36.4 Å². The van der Waals surface area contributed by atoms with Gasteiger partial charge in [-0.25, -0.2) is 9.97 Å². The molecule has 0 spiro atoms. The first kappa shape index (κ1) is 14.6. The van der Waals surface area contributed by atoms with E-state index in [1.165, 1.54) is 0 Å². The highest BCUT2D eigenvalue weighted by Crippen LogP contribution is 2.22. The van der Waals surface area contributed by atoms with Crippen molar-refractivity contribution in [3.63, 3.8) is 0 Å². The van der Waals surface area contributed by atoms with Gasteiger partial charge in [-0.15, -0.1) is 0 Å². The Labute approximate surface area is 149 Å². The Morgan fingerprint density at radius 2 is 1.58 bits per heavy atom. The van der Waals surface area contributed by atoms with Gasteiger partial charge in [0.25, 0.3) is 0 Å². The largest absolute Gasteiger partial charge is 0.312 e. The van der Waals surface area contributed by atoms with E-state index in [9.17, 15) is 0 Å². The fourth-order valence-corrected chi connectivity index (χ4v) is 3.12. The van der Waals surface area contributed by atoms with Crippen LogP contribution in [0.15, 0.2) is 84.1 Å². The Balaban J connectivity index is 1.50. The first-order chi connectivity index (χ1) is 12.9. The summed E-state index contributed by atoms with van der Waals surface area (Å²) in [5.74, 6) is 0.714. The van der Waals surface area contributed by atoms with Crippen LogP contribution in [0.3, 0.4) is 0 Å². The van der Waals surface area contributed by atoms with Crippen molar-refractivity contribution in [1.82, 2.24) is 14.4 Å². The van der Waals surface area contributed by atoms with E-state index in [-0.39, 0.29) is 0 Å². The summed E-state index contributed by atoms with van der Waals surface area (Å²) < 4.78 is 2.11. The number of para-hydroxylation sites is 3. The third kappa shape index (κ3) is 2.46. The van der Waals surface area contributed by atoms with E-state index >= 15 is 0 Å². The van der Waals surface area contributed by atoms with Crippen LogP contribution in [0, 0.1) is 0 Å². The highest BCUT2D eigenvalue weighted by Gasteiger charge is 2.06. The molecule has 5 aromatic rings. The SMILES string of the molecule is C(=N\Nc1nc2ccccc2n2cccc12)/c1ccc2ccccc2n1. The average Bonchev–Trinajstić information content (AvgIpc) is 3.18. The van der Waals surface area contributed by atoms with Gasteiger partial charge in [0.05, 0.1) is 34.0 Å². The molecule has 1 N–H and O–H groups in total. The fourth-order valence-electron chi connectivity index (χ4n) is 3.12. The van der Waals surface area contributed by atoms with Crippen LogP contribution in [0.2, 0.25) is 0 Å². The van der Waals surface area contributed by atoms with Gasteiger partial charge in [-0.1, -0.05) is 36.4 Å². The van der Waals surface area contributed by atoms with Crippen LogP contribution < -0.4 is 5.43 Å². The van der Waals surface area contributed by atoms with Crippen molar-refractivity contribution in [2.75, 3.05) is 5.43 Å². The third-order valence-electron chi connectivity index (χ3n) is 4.35. The van der Waals surface area contributed by atoms with E-state index in [4.69, 9.17) is 4.98 Å². The predicted octanol–water partition coefficient (Wildman–Crippen LogP) is 4.48. The minimum atomic E-state index is 0.714. The lowest BCUT2D eigenvalue weighted by atomic mass is 10.2. The highest BCUT2D eigenvalue weighted by atomic mass is 15.3. The van der Waals surface area contributed by atoms with Crippen molar-refractivity contribution in [3.05, 3.63) is 84.7 Å². The zero-order valence-electron chi connectivity index (χ0n) is 13.9. The van der Waals surface area contributed by atoms with E-state index in [0.717, 1.165) is 33.1 Å². The van der Waals surface area contributed by atoms with Crippen LogP contribution in [0.5, 0.6) is 0 Å². The van der Waals surface area contributed by atoms with Gasteiger partial charge >= 0.3 is 0 Å². The number of anilines is 1. The first-order valence-corrected chi connectivity index (χ1v) is 8.39. The Morgan fingerprint density at radius 1 is 0.769 bits per heavy atom. The van der Waals surface area contributed by atoms with Crippen molar-refractivity contribution < 1.29 is 0 Å². The van der Waals surface area contributed by atoms with Gasteiger partial charge in [0.2, 0.25) is 0 Å². The number of fused-ring (bicyclic) bond motifs is 4. The fraction of sp³-hybridized carbons (Fsp3) is 0. The lowest BCUT2D eigenvalue weighted by molar-refractivity contribution is 1.19. The number of hydrogen-bond acceptors (Lipinski definition) is 4. The summed E-state index contributed by atoms with van der Waals surface area (Å²) in [5.41, 5.74) is 7.77. The Kier molecular flexibility index (Phi) is 3.35. The monoisotopic (exact) mass is 337 g/mol. The molecule has 0 radical (unpaired) electrons. The lowest BCUT2D eigenvalue weighted by Gasteiger charge is -2.07. The second kappa shape index (κ2) is 5.97. The summed E-state index contributed by atoms with van der Waals surface area (Å²) in [5, 5.41) is 5.46. The Hall–Kier alpha value is -3.73. The van der Waals surface area contributed by atoms with Crippen molar-refractivity contribution in [2.45, 2.75) is 0 Å². The summed E-state index contributed by atoms with van der Waals surface area (Å²) in [4.78, 5) is 9.28. The molecule has 0 fully saturated rings. The van der Waals surface area contributed by atoms with Crippen LogP contribution in [-0.4, -0.2) is 20.6 Å². The molecular formula is C21H15N5. The minimum absolute atomic E-state index is 0.714. The summed E-state index contributed by atoms with van der Waals surface area (Å²) in [6, 6.07) is 24.1. The second-order valence-electron chi connectivity index (χ2n) is 6.01. The molecule has 5 nitrogen and oxygen atoms in total. The molecule has 0 atom stereocenters. The van der Waals surface area contributed by atoms with Gasteiger partial charge in [0, 0.05) is 11.6 Å². The molecule has 2 aromatic carbocycles. The van der Waals surface area contributed by atoms with Crippen molar-refractivity contribution in [2.24, 2.45) is 5.10 Å². The van der Waals surface area contributed by atoms with E-state index in [1.54, 1.807) is 6.21 Å². The molecule has 0 saturated carbocycles. The standard InChI is InChI=1S/C21H15N5/c1-2-7-17-15(6-1)11-12-16(23-17)14-22-25-21-20-10-5-13-26(20)19-9-4-3-8-18(19)24-21/h1-14H,(H,24,25)/b22-14+. The van der Waals surface area contributed by atoms with Crippen molar-refractivity contribution >= 4 is 39.5 Å². The molecule has 0 aliphatic carbocycles. The van der Waals surface area contributed by atoms with Crippen molar-refractivity contribution in [3.8, 4) is 0 Å². The molecule has 5 heteroatoms. The summed E-state index contributed by atoms with van der Waals surface area (Å²) in [6.07, 6.45) is 3.74. The van der Waals surface area contributed by atoms with E-state index < -0.39 is 0 Å². The minimum Gasteiger partial charge on any atom is -0.312 e. The predicted molar refractivity (Wildman–Crippen MR) is 106 cm³/mol. The van der Waals surface area contributed by atoms with Gasteiger partial charge in [0.15, 0.2) is 5.82 Å². The number of aromatic nitrogens is 3. The van der Waals surface area contributed by atoms with E-state index in [0.29, 0.717) is 5.82 Å². The van der Waals surface area contributed by atoms with Crippen LogP contribution >= 0.6 is 0 Å². The molecule has 5 rings (SSSR count). The molecule has 124 valence electrons. The average molecular weight is 337 g/mol. The maximum atomic E-state index is 4.69. The molecule has 0 amide bonds. The second-order valence-corrected chi connectivity index (χ2v) is 6.01. The number of pyridine rings is 1. The first-order valence-electron chi connectivity index (χ1n) is 8.39. The number of hydrogen-bond donors (Lipinski definition) is 1. The maximum Gasteiger partial charge on any atom is 0.171 e. The van der Waals surface area contributed by atoms with E-state index in [2.05, 4.69) is 26.0 Å². The van der Waals surface area contributed by atoms with Crippen LogP contribution in [0.25, 0.3) is 27.5 Å². The number of nitrogens with one attached hydrogen (secondary N) is 1. The maximum absolute atomic E-state index is 4.69. The number of hydrazone groups is 1. The molecule has 3 heterocycles. The van der Waals surface area contributed by atoms with Gasteiger partial charge in [-0.3, -0.25) is 5.43 Å². The summed E-state index contributed by atoms with van der Waals surface area (Å²) in [6.45, 7) is 0. The molecule has 0 aliphatic rings. The van der Waals surface area contributed by atoms with Gasteiger partial charge in [-0.2, -0.15) is 5.10 Å². The summed E-state index contributed by atoms with van der Waals surface area (Å²) in [7, 11) is 0. The molecule has 26 heavy (non-hydrogen) atoms. The van der Waals surface area contributed by atoms with Crippen LogP contribution in [-0.2, 0) is 0 Å². The van der Waals surface area contributed by atoms with Crippen LogP contribution in [0.1, 0.15) is 5.69 Å². The quantitative estimate of drug-likeness (QED) is 0.390. The Morgan fingerprint density at radius 3 is 2.54 bits per heavy atom. The normalized spacial score (nSPS) is 11.7. The highest BCUT2D eigenvalue weighted by molar-refractivity contribution is 5.87. The number of rotatable bonds is 3. The lowest BCUT2D eigenvalue weighted by Crippen LogP contribution is -1.99. The molecule has 3 aromatic heterocycles. The third-order valence-corrected chi connectivity index (χ3v) is 4.35. The Bertz CT molecular complexity index is 1270. The molecule has 0 unspecified atom stereocenters. The van der Waals surface area contributed by atoms with Gasteiger partial charge in [0.1, 0.15) is 0 Å². The summed E-state index contributed by atoms with van der Waals surface area (Å²) >= 11 is 0. The molecule has 0 aliphatic heterocycles. The topological polar surface area (TPSA) is 54.6 Å². The van der Waals surface area contributed by atoms with Crippen molar-refractivity contribution in [1.29, 1.82) is 0 Å². The van der Waals surface area contributed by atoms with Gasteiger partial charge < -0.3 is 4.40 Å². The van der Waals surface area contributed by atoms with E-state index in [1.807, 2.05) is 72.9 Å². The number of nitrogens with zero attached hydrogens (tertiary/aromatic N) is 4. The van der Waals surface area contributed by atoms with Crippen LogP contribution in [0.4, 0.5) is 5.82 Å². The number of benzene rings is 2. The molecule has 0 bridgehead atoms.